The fraction of sp³-hybridized carbons (Fsp3) is 0.304. The van der Waals surface area contributed by atoms with Crippen molar-refractivity contribution in [2.45, 2.75) is 40.0 Å². The van der Waals surface area contributed by atoms with Crippen LogP contribution in [0.5, 0.6) is 0 Å². The Labute approximate surface area is 166 Å². The van der Waals surface area contributed by atoms with E-state index in [0.717, 1.165) is 35.9 Å². The van der Waals surface area contributed by atoms with Crippen molar-refractivity contribution in [3.8, 4) is 0 Å². The molecule has 3 aromatic rings. The number of anilines is 4. The predicted molar refractivity (Wildman–Crippen MR) is 113 cm³/mol. The van der Waals surface area contributed by atoms with E-state index in [0.29, 0.717) is 6.61 Å². The molecular formula is C23H26N4O. The molecule has 28 heavy (non-hydrogen) atoms. The van der Waals surface area contributed by atoms with E-state index >= 15 is 0 Å². The Morgan fingerprint density at radius 3 is 1.50 bits per heavy atom. The molecule has 0 unspecified atom stereocenters. The first kappa shape index (κ1) is 18.4. The number of nitrogens with zero attached hydrogens (tertiary/aromatic N) is 4. The van der Waals surface area contributed by atoms with Gasteiger partial charge in [-0.3, -0.25) is 9.80 Å². The highest BCUT2D eigenvalue weighted by molar-refractivity contribution is 5.82. The van der Waals surface area contributed by atoms with Gasteiger partial charge >= 0.3 is 0 Å². The van der Waals surface area contributed by atoms with Gasteiger partial charge in [0.25, 0.3) is 0 Å². The molecule has 0 N–H and O–H groups in total. The third-order valence-electron chi connectivity index (χ3n) is 5.12. The lowest BCUT2D eigenvalue weighted by atomic mass is 10.1. The minimum absolute atomic E-state index is 0.331. The summed E-state index contributed by atoms with van der Waals surface area (Å²) >= 11 is 0. The van der Waals surface area contributed by atoms with Crippen molar-refractivity contribution < 1.29 is 4.74 Å². The van der Waals surface area contributed by atoms with Crippen LogP contribution < -0.4 is 9.80 Å². The summed E-state index contributed by atoms with van der Waals surface area (Å²) in [6.45, 7) is 6.93. The van der Waals surface area contributed by atoms with Gasteiger partial charge in [-0.2, -0.15) is 0 Å². The molecule has 2 heterocycles. The van der Waals surface area contributed by atoms with Gasteiger partial charge in [-0.05, 0) is 55.2 Å². The summed E-state index contributed by atoms with van der Waals surface area (Å²) in [6, 6.07) is 17.2. The van der Waals surface area contributed by atoms with Crippen molar-refractivity contribution in [2.24, 2.45) is 0 Å². The zero-order valence-corrected chi connectivity index (χ0v) is 16.7. The van der Waals surface area contributed by atoms with Crippen LogP contribution in [0, 0.1) is 0 Å². The van der Waals surface area contributed by atoms with Crippen LogP contribution in [0.15, 0.2) is 60.9 Å². The lowest BCUT2D eigenvalue weighted by Gasteiger charge is -2.31. The third kappa shape index (κ3) is 3.22. The number of rotatable bonds is 6. The van der Waals surface area contributed by atoms with E-state index in [1.165, 1.54) is 11.1 Å². The summed E-state index contributed by atoms with van der Waals surface area (Å²) in [5.74, 6) is 1.62. The van der Waals surface area contributed by atoms with Crippen LogP contribution in [0.2, 0.25) is 0 Å². The van der Waals surface area contributed by atoms with E-state index < -0.39 is 0 Å². The van der Waals surface area contributed by atoms with Gasteiger partial charge in [-0.1, -0.05) is 38.1 Å². The minimum Gasteiger partial charge on any atom is -0.340 e. The number of fused-ring (bicyclic) bond motifs is 1. The molecule has 0 amide bonds. The smallest absolute Gasteiger partial charge is 0.221 e. The maximum absolute atomic E-state index is 6.20. The SMILES string of the molecule is CCOC1N(c2ccc(CC)cc2)c2nccnc2N1c1ccc(CC)cc1. The fourth-order valence-corrected chi connectivity index (χ4v) is 3.57. The number of benzene rings is 2. The highest BCUT2D eigenvalue weighted by atomic mass is 16.5. The van der Waals surface area contributed by atoms with Crippen molar-refractivity contribution in [1.82, 2.24) is 9.97 Å². The van der Waals surface area contributed by atoms with E-state index in [1.807, 2.05) is 6.92 Å². The molecule has 2 aromatic carbocycles. The molecule has 0 saturated heterocycles. The van der Waals surface area contributed by atoms with Gasteiger partial charge in [0.05, 0.1) is 0 Å². The number of aromatic nitrogens is 2. The average Bonchev–Trinajstić information content (AvgIpc) is 3.08. The van der Waals surface area contributed by atoms with Gasteiger partial charge in [0.15, 0.2) is 11.6 Å². The van der Waals surface area contributed by atoms with Gasteiger partial charge < -0.3 is 4.74 Å². The van der Waals surface area contributed by atoms with E-state index in [1.54, 1.807) is 12.4 Å². The number of aryl methyl sites for hydroxylation is 2. The Morgan fingerprint density at radius 2 is 1.14 bits per heavy atom. The third-order valence-corrected chi connectivity index (χ3v) is 5.12. The van der Waals surface area contributed by atoms with Crippen molar-refractivity contribution >= 4 is 23.0 Å². The first-order chi connectivity index (χ1) is 13.8. The fourth-order valence-electron chi connectivity index (χ4n) is 3.57. The molecule has 5 nitrogen and oxygen atoms in total. The molecule has 0 fully saturated rings. The molecule has 0 bridgehead atoms. The number of ether oxygens (including phenoxy) is 1. The van der Waals surface area contributed by atoms with E-state index in [2.05, 4.69) is 82.1 Å². The zero-order valence-electron chi connectivity index (χ0n) is 16.7. The predicted octanol–water partition coefficient (Wildman–Crippen LogP) is 5.21. The quantitative estimate of drug-likeness (QED) is 0.592. The van der Waals surface area contributed by atoms with Crippen LogP contribution in [0.3, 0.4) is 0 Å². The van der Waals surface area contributed by atoms with Gasteiger partial charge in [0, 0.05) is 30.4 Å². The Kier molecular flexibility index (Phi) is 5.26. The second-order valence-corrected chi connectivity index (χ2v) is 6.77. The first-order valence-corrected chi connectivity index (χ1v) is 9.95. The molecule has 1 aromatic heterocycles. The van der Waals surface area contributed by atoms with Crippen molar-refractivity contribution in [3.05, 3.63) is 72.1 Å². The maximum Gasteiger partial charge on any atom is 0.221 e. The Morgan fingerprint density at radius 1 is 0.714 bits per heavy atom. The molecule has 5 heteroatoms. The summed E-state index contributed by atoms with van der Waals surface area (Å²) in [7, 11) is 0. The van der Waals surface area contributed by atoms with Gasteiger partial charge in [-0.25, -0.2) is 9.97 Å². The molecule has 1 aliphatic rings. The van der Waals surface area contributed by atoms with Crippen LogP contribution in [0.1, 0.15) is 31.9 Å². The lowest BCUT2D eigenvalue weighted by molar-refractivity contribution is 0.0767. The molecule has 4 rings (SSSR count). The van der Waals surface area contributed by atoms with Gasteiger partial charge in [0.2, 0.25) is 6.35 Å². The van der Waals surface area contributed by atoms with E-state index in [-0.39, 0.29) is 6.35 Å². The van der Waals surface area contributed by atoms with Crippen molar-refractivity contribution in [1.29, 1.82) is 0 Å². The molecule has 0 aliphatic carbocycles. The highest BCUT2D eigenvalue weighted by Gasteiger charge is 2.40. The Hall–Kier alpha value is -2.92. The van der Waals surface area contributed by atoms with Crippen molar-refractivity contribution in [3.63, 3.8) is 0 Å². The molecule has 0 saturated carbocycles. The van der Waals surface area contributed by atoms with Crippen LogP contribution >= 0.6 is 0 Å². The average molecular weight is 374 g/mol. The van der Waals surface area contributed by atoms with Gasteiger partial charge in [-0.15, -0.1) is 0 Å². The number of hydrogen-bond acceptors (Lipinski definition) is 5. The van der Waals surface area contributed by atoms with E-state index in [9.17, 15) is 0 Å². The number of hydrogen-bond donors (Lipinski definition) is 0. The van der Waals surface area contributed by atoms with Crippen LogP contribution in [-0.2, 0) is 17.6 Å². The van der Waals surface area contributed by atoms with Crippen LogP contribution in [-0.4, -0.2) is 22.9 Å². The largest absolute Gasteiger partial charge is 0.340 e. The van der Waals surface area contributed by atoms with Crippen LogP contribution in [0.25, 0.3) is 0 Å². The first-order valence-electron chi connectivity index (χ1n) is 9.95. The highest BCUT2D eigenvalue weighted by Crippen LogP contribution is 2.45. The molecule has 144 valence electrons. The normalized spacial score (nSPS) is 13.8. The summed E-state index contributed by atoms with van der Waals surface area (Å²) < 4.78 is 6.20. The summed E-state index contributed by atoms with van der Waals surface area (Å²) in [4.78, 5) is 13.5. The second kappa shape index (κ2) is 7.98. The Bertz CT molecular complexity index is 850. The topological polar surface area (TPSA) is 41.5 Å². The molecule has 0 radical (unpaired) electrons. The van der Waals surface area contributed by atoms with E-state index in [4.69, 9.17) is 4.74 Å². The molecule has 0 atom stereocenters. The minimum atomic E-state index is -0.331. The molecule has 0 spiro atoms. The zero-order chi connectivity index (χ0) is 19.5. The van der Waals surface area contributed by atoms with Crippen molar-refractivity contribution in [2.75, 3.05) is 16.4 Å². The summed E-state index contributed by atoms with van der Waals surface area (Å²) in [6.07, 6.45) is 5.17. The second-order valence-electron chi connectivity index (χ2n) is 6.77. The molecule has 1 aliphatic heterocycles. The monoisotopic (exact) mass is 374 g/mol. The summed E-state index contributed by atoms with van der Waals surface area (Å²) in [5.41, 5.74) is 4.71. The Balaban J connectivity index is 1.81. The summed E-state index contributed by atoms with van der Waals surface area (Å²) in [5, 5.41) is 0. The maximum atomic E-state index is 6.20. The van der Waals surface area contributed by atoms with Crippen LogP contribution in [0.4, 0.5) is 23.0 Å². The van der Waals surface area contributed by atoms with Gasteiger partial charge in [0.1, 0.15) is 0 Å². The lowest BCUT2D eigenvalue weighted by Crippen LogP contribution is -2.40. The molecular weight excluding hydrogens is 348 g/mol. The standard InChI is InChI=1S/C23H26N4O/c1-4-17-7-11-19(12-8-17)26-21-22(25-16-15-24-21)27(23(26)28-6-3)20-13-9-18(5-2)10-14-20/h7-16,23H,4-6H2,1-3H3.